The van der Waals surface area contributed by atoms with Gasteiger partial charge in [0, 0.05) is 73.0 Å². The summed E-state index contributed by atoms with van der Waals surface area (Å²) in [6.07, 6.45) is -1.86. The molecule has 0 aliphatic carbocycles. The zero-order valence-corrected chi connectivity index (χ0v) is 30.0. The van der Waals surface area contributed by atoms with Crippen LogP contribution >= 0.6 is 0 Å². The molecule has 2 aliphatic heterocycles. The van der Waals surface area contributed by atoms with E-state index in [9.17, 15) is 27.6 Å². The molecule has 2 aromatic rings. The molecule has 0 radical (unpaired) electrons. The second-order valence-corrected chi connectivity index (χ2v) is 12.6. The van der Waals surface area contributed by atoms with Crippen LogP contribution in [0.2, 0.25) is 0 Å². The fourth-order valence-electron chi connectivity index (χ4n) is 5.95. The molecule has 12 nitrogen and oxygen atoms in total. The van der Waals surface area contributed by atoms with E-state index in [1.54, 1.807) is 30.0 Å². The van der Waals surface area contributed by atoms with Crippen LogP contribution in [0.15, 0.2) is 43.3 Å². The lowest BCUT2D eigenvalue weighted by Crippen LogP contribution is -2.52. The number of halogens is 3. The molecule has 3 heterocycles. The van der Waals surface area contributed by atoms with Gasteiger partial charge in [-0.3, -0.25) is 19.8 Å². The Bertz CT molecular complexity index is 1520. The van der Waals surface area contributed by atoms with Gasteiger partial charge >= 0.3 is 6.18 Å². The summed E-state index contributed by atoms with van der Waals surface area (Å²) < 4.78 is 43.2. The van der Waals surface area contributed by atoms with Crippen molar-refractivity contribution in [2.24, 2.45) is 13.0 Å². The highest BCUT2D eigenvalue weighted by Crippen LogP contribution is 2.30. The van der Waals surface area contributed by atoms with Crippen LogP contribution in [0, 0.1) is 12.8 Å². The molecule has 5 N–H and O–H groups in total. The lowest BCUT2D eigenvalue weighted by molar-refractivity contribution is -0.144. The first-order valence-electron chi connectivity index (χ1n) is 17.1. The van der Waals surface area contributed by atoms with E-state index in [0.717, 1.165) is 25.9 Å². The summed E-state index contributed by atoms with van der Waals surface area (Å²) in [5.74, 6) is -0.724. The van der Waals surface area contributed by atoms with Gasteiger partial charge in [-0.25, -0.2) is 10.4 Å². The van der Waals surface area contributed by atoms with Crippen molar-refractivity contribution in [1.29, 1.82) is 0 Å². The molecule has 50 heavy (non-hydrogen) atoms. The normalized spacial score (nSPS) is 16.0. The van der Waals surface area contributed by atoms with Gasteiger partial charge in [0.2, 0.25) is 5.91 Å². The molecule has 282 valence electrons. The maximum atomic E-state index is 14.0. The summed E-state index contributed by atoms with van der Waals surface area (Å²) in [6.45, 7) is 20.5. The number of hydrogen-bond acceptors (Lipinski definition) is 8. The van der Waals surface area contributed by atoms with E-state index in [-0.39, 0.29) is 51.7 Å². The summed E-state index contributed by atoms with van der Waals surface area (Å²) in [7, 11) is 1.43. The van der Waals surface area contributed by atoms with Crippen LogP contribution in [0.1, 0.15) is 77.1 Å². The van der Waals surface area contributed by atoms with Gasteiger partial charge in [-0.2, -0.15) is 13.2 Å². The molecule has 1 aromatic heterocycles. The van der Waals surface area contributed by atoms with Gasteiger partial charge in [0.05, 0.1) is 11.9 Å². The third-order valence-corrected chi connectivity index (χ3v) is 8.52. The third kappa shape index (κ3) is 10.4. The number of alkyl halides is 3. The largest absolute Gasteiger partial charge is 0.409 e. The fraction of sp³-hybridized carbons (Fsp3) is 0.543. The van der Waals surface area contributed by atoms with Gasteiger partial charge in [-0.15, -0.1) is 0 Å². The summed E-state index contributed by atoms with van der Waals surface area (Å²) >= 11 is 0. The van der Waals surface area contributed by atoms with Crippen LogP contribution in [0.4, 0.5) is 18.9 Å². The van der Waals surface area contributed by atoms with Crippen molar-refractivity contribution < 1.29 is 31.8 Å². The Morgan fingerprint density at radius 3 is 2.26 bits per heavy atom. The van der Waals surface area contributed by atoms with E-state index in [0.29, 0.717) is 48.7 Å². The number of imidazole rings is 1. The first-order chi connectivity index (χ1) is 23.7. The fourth-order valence-corrected chi connectivity index (χ4v) is 5.95. The Labute approximate surface area is 297 Å². The molecule has 1 atom stereocenters. The van der Waals surface area contributed by atoms with Crippen molar-refractivity contribution in [2.45, 2.75) is 65.7 Å². The van der Waals surface area contributed by atoms with Gasteiger partial charge in [0.15, 0.2) is 5.82 Å². The number of aromatic nitrogens is 2. The Morgan fingerprint density at radius 1 is 1.06 bits per heavy atom. The molecule has 2 fully saturated rings. The number of benzene rings is 1. The van der Waals surface area contributed by atoms with Crippen LogP contribution in [-0.4, -0.2) is 101 Å². The smallest absolute Gasteiger partial charge is 0.386 e. The standard InChI is InChI=1S/C33H46F3N9O3.C2H6.3H2/c1-20(2)40-22(4)18-39-42-28(33(34,35)36)23(5)27-19-38-29(43(27)6)30(46)41-25-7-8-26(21(3)17-25)32(48)45-15-13-44(14-16-45)31(47)24-9-11-37-12-10-24;1-2;;;/h7-8,17,19-20,24,28,37,39-40,42H,4-5,9-16,18H2,1-3,6H3,(H,41,46);1-2H3;3*1H. The van der Waals surface area contributed by atoms with E-state index in [4.69, 9.17) is 0 Å². The first kappa shape index (κ1) is 40.2. The third-order valence-electron chi connectivity index (χ3n) is 8.52. The molecular weight excluding hydrogens is 651 g/mol. The number of amides is 3. The van der Waals surface area contributed by atoms with E-state index >= 15 is 0 Å². The first-order valence-corrected chi connectivity index (χ1v) is 17.1. The predicted molar refractivity (Wildman–Crippen MR) is 196 cm³/mol. The van der Waals surface area contributed by atoms with Gasteiger partial charge in [0.25, 0.3) is 11.8 Å². The van der Waals surface area contributed by atoms with Crippen molar-refractivity contribution in [3.05, 3.63) is 65.9 Å². The van der Waals surface area contributed by atoms with Gasteiger partial charge in [-0.05, 0) is 76.0 Å². The van der Waals surface area contributed by atoms with E-state index in [2.05, 4.69) is 44.9 Å². The predicted octanol–water partition coefficient (Wildman–Crippen LogP) is 4.58. The highest BCUT2D eigenvalue weighted by molar-refractivity contribution is 6.03. The topological polar surface area (TPSA) is 136 Å². The number of hydrogen-bond donors (Lipinski definition) is 5. The number of carbonyl (C=O) groups excluding carboxylic acids is 3. The van der Waals surface area contributed by atoms with Crippen molar-refractivity contribution >= 4 is 29.0 Å². The second-order valence-electron chi connectivity index (χ2n) is 12.6. The lowest BCUT2D eigenvalue weighted by Gasteiger charge is -2.37. The Kier molecular flexibility index (Phi) is 14.6. The zero-order valence-electron chi connectivity index (χ0n) is 30.0. The number of carbonyl (C=O) groups is 3. The number of anilines is 1. The molecule has 0 bridgehead atoms. The number of nitrogens with one attached hydrogen (secondary N) is 5. The Balaban J connectivity index is 0.00000531. The summed E-state index contributed by atoms with van der Waals surface area (Å²) in [5.41, 5.74) is 6.51. The molecule has 3 amide bonds. The van der Waals surface area contributed by atoms with Crippen LogP contribution in [0.25, 0.3) is 5.57 Å². The van der Waals surface area contributed by atoms with Crippen molar-refractivity contribution in [1.82, 2.24) is 40.8 Å². The minimum absolute atomic E-state index is 0. The van der Waals surface area contributed by atoms with Crippen LogP contribution < -0.4 is 26.8 Å². The molecule has 4 rings (SSSR count). The van der Waals surface area contributed by atoms with Crippen LogP contribution in [-0.2, 0) is 11.8 Å². The number of hydrazine groups is 1. The number of piperazine rings is 1. The minimum atomic E-state index is -4.70. The van der Waals surface area contributed by atoms with E-state index < -0.39 is 18.1 Å². The minimum Gasteiger partial charge on any atom is -0.386 e. The highest BCUT2D eigenvalue weighted by atomic mass is 19.4. The monoisotopic (exact) mass is 709 g/mol. The number of piperidine rings is 1. The van der Waals surface area contributed by atoms with E-state index in [1.165, 1.54) is 17.8 Å². The quantitative estimate of drug-likeness (QED) is 0.202. The van der Waals surface area contributed by atoms with Crippen LogP contribution in [0.5, 0.6) is 0 Å². The summed E-state index contributed by atoms with van der Waals surface area (Å²) in [5, 5.41) is 9.00. The Morgan fingerprint density at radius 2 is 1.68 bits per heavy atom. The highest BCUT2D eigenvalue weighted by Gasteiger charge is 2.42. The SMILES string of the molecule is C=C(CNNC(C(=C)c1cnc(C(=O)Nc2ccc(C(=O)N3CCN(C(=O)C4CCNCC4)CC3)c(C)c2)n1C)C(F)(F)F)NC(C)C.CC.[HH].[HH].[HH]. The van der Waals surface area contributed by atoms with E-state index in [1.807, 2.05) is 32.6 Å². The lowest BCUT2D eigenvalue weighted by atomic mass is 9.96. The zero-order chi connectivity index (χ0) is 37.2. The molecule has 0 saturated carbocycles. The number of nitrogens with zero attached hydrogens (tertiary/aromatic N) is 4. The molecule has 2 aliphatic rings. The molecule has 15 heteroatoms. The maximum Gasteiger partial charge on any atom is 0.409 e. The van der Waals surface area contributed by atoms with Crippen molar-refractivity contribution in [2.75, 3.05) is 51.1 Å². The summed E-state index contributed by atoms with van der Waals surface area (Å²) in [4.78, 5) is 47.0. The molecular formula is C35H58F3N9O3. The second kappa shape index (κ2) is 18.2. The average molecular weight is 710 g/mol. The molecule has 2 saturated heterocycles. The summed E-state index contributed by atoms with van der Waals surface area (Å²) in [6, 6.07) is 2.78. The van der Waals surface area contributed by atoms with Crippen molar-refractivity contribution in [3.63, 3.8) is 0 Å². The maximum absolute atomic E-state index is 14.0. The van der Waals surface area contributed by atoms with Gasteiger partial charge in [-0.1, -0.05) is 27.0 Å². The number of rotatable bonds is 12. The van der Waals surface area contributed by atoms with Gasteiger partial charge < -0.3 is 30.3 Å². The number of aryl methyl sites for hydroxylation is 1. The molecule has 1 aromatic carbocycles. The average Bonchev–Trinajstić information content (AvgIpc) is 3.47. The van der Waals surface area contributed by atoms with Crippen molar-refractivity contribution in [3.8, 4) is 0 Å². The van der Waals surface area contributed by atoms with Gasteiger partial charge in [0.1, 0.15) is 6.04 Å². The van der Waals surface area contributed by atoms with Crippen LogP contribution in [0.3, 0.4) is 0 Å². The Hall–Kier alpha value is -4.21. The molecule has 0 spiro atoms. The molecule has 1 unspecified atom stereocenters.